The maximum absolute atomic E-state index is 13.6. The van der Waals surface area contributed by atoms with Crippen molar-refractivity contribution < 1.29 is 14.3 Å². The molecule has 0 spiro atoms. The van der Waals surface area contributed by atoms with Crippen molar-refractivity contribution in [3.63, 3.8) is 0 Å². The average molecular weight is 280 g/mol. The van der Waals surface area contributed by atoms with Crippen LogP contribution < -0.4 is 11.1 Å². The first-order valence-corrected chi connectivity index (χ1v) is 6.59. The van der Waals surface area contributed by atoms with E-state index in [1.165, 1.54) is 6.07 Å². The minimum atomic E-state index is -1.17. The molecule has 0 unspecified atom stereocenters. The molecule has 1 aromatic heterocycles. The molecule has 2 rings (SSSR count). The Kier molecular flexibility index (Phi) is 4.01. The van der Waals surface area contributed by atoms with Crippen LogP contribution in [0.25, 0.3) is 0 Å². The lowest BCUT2D eigenvalue weighted by Gasteiger charge is -2.09. The zero-order valence-corrected chi connectivity index (χ0v) is 10.8. The van der Waals surface area contributed by atoms with Crippen molar-refractivity contribution >= 4 is 28.7 Å². The first kappa shape index (κ1) is 13.4. The Bertz CT molecular complexity index is 585. The number of carboxylic acids is 1. The highest BCUT2D eigenvalue weighted by molar-refractivity contribution is 7.07. The monoisotopic (exact) mass is 280 g/mol. The Morgan fingerprint density at radius 1 is 1.47 bits per heavy atom. The van der Waals surface area contributed by atoms with Gasteiger partial charge < -0.3 is 16.2 Å². The number of benzene rings is 1. The van der Waals surface area contributed by atoms with Gasteiger partial charge in [0.2, 0.25) is 0 Å². The summed E-state index contributed by atoms with van der Waals surface area (Å²) in [7, 11) is 0. The lowest BCUT2D eigenvalue weighted by molar-refractivity contribution is 0.0698. The third-order valence-electron chi connectivity index (χ3n) is 2.68. The SMILES string of the molecule is Nc1cc(F)c(NCCc2ccsc2)cc1C(=O)O. The minimum Gasteiger partial charge on any atom is -0.478 e. The average Bonchev–Trinajstić information content (AvgIpc) is 2.84. The van der Waals surface area contributed by atoms with E-state index in [-0.39, 0.29) is 16.9 Å². The lowest BCUT2D eigenvalue weighted by Crippen LogP contribution is -2.09. The van der Waals surface area contributed by atoms with E-state index in [2.05, 4.69) is 5.32 Å². The standard InChI is InChI=1S/C13H13FN2O2S/c14-10-6-11(15)9(13(17)18)5-12(10)16-3-1-8-2-4-19-7-8/h2,4-7,16H,1,3,15H2,(H,17,18). The molecule has 0 bridgehead atoms. The number of thiophene rings is 1. The van der Waals surface area contributed by atoms with Crippen LogP contribution in [0.3, 0.4) is 0 Å². The summed E-state index contributed by atoms with van der Waals surface area (Å²) in [6.45, 7) is 0.524. The Hall–Kier alpha value is -2.08. The predicted molar refractivity (Wildman–Crippen MR) is 74.3 cm³/mol. The summed E-state index contributed by atoms with van der Waals surface area (Å²) >= 11 is 1.60. The zero-order valence-electron chi connectivity index (χ0n) is 10.0. The number of aromatic carboxylic acids is 1. The van der Waals surface area contributed by atoms with Crippen LogP contribution >= 0.6 is 11.3 Å². The van der Waals surface area contributed by atoms with Gasteiger partial charge in [0.15, 0.2) is 0 Å². The van der Waals surface area contributed by atoms with Crippen LogP contribution in [0, 0.1) is 5.82 Å². The van der Waals surface area contributed by atoms with E-state index in [9.17, 15) is 9.18 Å². The van der Waals surface area contributed by atoms with Crippen molar-refractivity contribution in [3.05, 3.63) is 45.9 Å². The van der Waals surface area contributed by atoms with Crippen molar-refractivity contribution in [2.45, 2.75) is 6.42 Å². The number of rotatable bonds is 5. The van der Waals surface area contributed by atoms with E-state index >= 15 is 0 Å². The molecular weight excluding hydrogens is 267 g/mol. The Balaban J connectivity index is 2.07. The fourth-order valence-electron chi connectivity index (χ4n) is 1.69. The molecule has 2 aromatic rings. The van der Waals surface area contributed by atoms with Crippen LogP contribution in [-0.2, 0) is 6.42 Å². The van der Waals surface area contributed by atoms with Gasteiger partial charge in [-0.25, -0.2) is 9.18 Å². The number of nitrogen functional groups attached to an aromatic ring is 1. The summed E-state index contributed by atoms with van der Waals surface area (Å²) < 4.78 is 13.6. The molecule has 0 atom stereocenters. The van der Waals surface area contributed by atoms with Crippen LogP contribution in [0.5, 0.6) is 0 Å². The van der Waals surface area contributed by atoms with Crippen molar-refractivity contribution in [3.8, 4) is 0 Å². The fourth-order valence-corrected chi connectivity index (χ4v) is 2.39. The van der Waals surface area contributed by atoms with Crippen LogP contribution in [0.15, 0.2) is 29.0 Å². The van der Waals surface area contributed by atoms with Gasteiger partial charge in [-0.15, -0.1) is 0 Å². The molecule has 4 nitrogen and oxygen atoms in total. The fraction of sp³-hybridized carbons (Fsp3) is 0.154. The molecule has 0 aliphatic rings. The Morgan fingerprint density at radius 2 is 2.26 bits per heavy atom. The second kappa shape index (κ2) is 5.71. The summed E-state index contributed by atoms with van der Waals surface area (Å²) in [6.07, 6.45) is 0.746. The minimum absolute atomic E-state index is 0.0756. The molecule has 1 aromatic carbocycles. The summed E-state index contributed by atoms with van der Waals surface area (Å²) in [5.74, 6) is -1.72. The number of carbonyl (C=O) groups is 1. The second-order valence-electron chi connectivity index (χ2n) is 4.03. The quantitative estimate of drug-likeness (QED) is 0.736. The van der Waals surface area contributed by atoms with Gasteiger partial charge in [0.1, 0.15) is 5.82 Å². The van der Waals surface area contributed by atoms with Crippen LogP contribution in [0.4, 0.5) is 15.8 Å². The molecule has 19 heavy (non-hydrogen) atoms. The third kappa shape index (κ3) is 3.23. The zero-order chi connectivity index (χ0) is 13.8. The van der Waals surface area contributed by atoms with Gasteiger partial charge >= 0.3 is 5.97 Å². The maximum atomic E-state index is 13.6. The number of hydrogen-bond acceptors (Lipinski definition) is 4. The molecule has 1 heterocycles. The second-order valence-corrected chi connectivity index (χ2v) is 4.81. The summed E-state index contributed by atoms with van der Waals surface area (Å²) in [4.78, 5) is 10.9. The number of nitrogens with two attached hydrogens (primary N) is 1. The maximum Gasteiger partial charge on any atom is 0.337 e. The number of anilines is 2. The molecule has 0 saturated carbocycles. The Morgan fingerprint density at radius 3 is 2.89 bits per heavy atom. The third-order valence-corrected chi connectivity index (χ3v) is 3.41. The van der Waals surface area contributed by atoms with Crippen LogP contribution in [0.2, 0.25) is 0 Å². The molecule has 0 amide bonds. The molecule has 4 N–H and O–H groups in total. The van der Waals surface area contributed by atoms with Gasteiger partial charge in [0.05, 0.1) is 11.3 Å². The first-order chi connectivity index (χ1) is 9.08. The number of nitrogens with one attached hydrogen (secondary N) is 1. The van der Waals surface area contributed by atoms with Crippen molar-refractivity contribution in [2.24, 2.45) is 0 Å². The van der Waals surface area contributed by atoms with E-state index < -0.39 is 11.8 Å². The first-order valence-electron chi connectivity index (χ1n) is 5.65. The van der Waals surface area contributed by atoms with E-state index in [4.69, 9.17) is 10.8 Å². The van der Waals surface area contributed by atoms with E-state index in [0.717, 1.165) is 18.1 Å². The number of carboxylic acid groups (broad SMARTS) is 1. The highest BCUT2D eigenvalue weighted by Gasteiger charge is 2.12. The number of hydrogen-bond donors (Lipinski definition) is 3. The largest absolute Gasteiger partial charge is 0.478 e. The molecule has 100 valence electrons. The summed E-state index contributed by atoms with van der Waals surface area (Å²) in [5.41, 5.74) is 6.59. The van der Waals surface area contributed by atoms with Gasteiger partial charge in [-0.2, -0.15) is 11.3 Å². The molecule has 6 heteroatoms. The lowest BCUT2D eigenvalue weighted by atomic mass is 10.1. The van der Waals surface area contributed by atoms with E-state index in [0.29, 0.717) is 6.54 Å². The highest BCUT2D eigenvalue weighted by Crippen LogP contribution is 2.22. The van der Waals surface area contributed by atoms with Gasteiger partial charge in [0.25, 0.3) is 0 Å². The normalized spacial score (nSPS) is 10.4. The van der Waals surface area contributed by atoms with Gasteiger partial charge in [0, 0.05) is 12.2 Å². The highest BCUT2D eigenvalue weighted by atomic mass is 32.1. The molecule has 0 fully saturated rings. The van der Waals surface area contributed by atoms with Crippen molar-refractivity contribution in [1.82, 2.24) is 0 Å². The van der Waals surface area contributed by atoms with Gasteiger partial charge in [-0.3, -0.25) is 0 Å². The van der Waals surface area contributed by atoms with E-state index in [1.807, 2.05) is 16.8 Å². The summed E-state index contributed by atoms with van der Waals surface area (Å²) in [5, 5.41) is 15.8. The molecule has 0 aliphatic heterocycles. The molecule has 0 saturated heterocycles. The predicted octanol–water partition coefficient (Wildman–Crippen LogP) is 2.82. The molecule has 0 radical (unpaired) electrons. The molecular formula is C13H13FN2O2S. The smallest absolute Gasteiger partial charge is 0.337 e. The number of halogens is 1. The Labute approximate surface area is 113 Å². The summed E-state index contributed by atoms with van der Waals surface area (Å²) in [6, 6.07) is 4.24. The van der Waals surface area contributed by atoms with Gasteiger partial charge in [-0.1, -0.05) is 0 Å². The van der Waals surface area contributed by atoms with Gasteiger partial charge in [-0.05, 0) is 40.9 Å². The topological polar surface area (TPSA) is 75.3 Å². The van der Waals surface area contributed by atoms with Crippen LogP contribution in [-0.4, -0.2) is 17.6 Å². The van der Waals surface area contributed by atoms with E-state index in [1.54, 1.807) is 11.3 Å². The molecule has 0 aliphatic carbocycles. The van der Waals surface area contributed by atoms with Crippen molar-refractivity contribution in [2.75, 3.05) is 17.6 Å². The van der Waals surface area contributed by atoms with Crippen molar-refractivity contribution in [1.29, 1.82) is 0 Å². The van der Waals surface area contributed by atoms with Crippen LogP contribution in [0.1, 0.15) is 15.9 Å².